The van der Waals surface area contributed by atoms with Gasteiger partial charge in [-0.25, -0.2) is 4.79 Å². The molecule has 1 atom stereocenters. The van der Waals surface area contributed by atoms with E-state index in [1.54, 1.807) is 6.92 Å². The third kappa shape index (κ3) is 5.00. The first-order valence-corrected chi connectivity index (χ1v) is 8.90. The maximum Gasteiger partial charge on any atom is 0.334 e. The van der Waals surface area contributed by atoms with Gasteiger partial charge in [0.25, 0.3) is 0 Å². The first-order chi connectivity index (χ1) is 8.09. The molecular formula is C12H24O4Si. The SMILES string of the molecule is CCOC(=O)[C@H](CC=O)O[Si](CC)(CC)CC. The molecule has 0 unspecified atom stereocenters. The zero-order chi connectivity index (χ0) is 13.3. The molecule has 0 fully saturated rings. The lowest BCUT2D eigenvalue weighted by molar-refractivity contribution is -0.152. The molecular weight excluding hydrogens is 236 g/mol. The molecule has 0 heterocycles. The minimum absolute atomic E-state index is 0.0909. The summed E-state index contributed by atoms with van der Waals surface area (Å²) >= 11 is 0. The molecule has 0 rings (SSSR count). The maximum absolute atomic E-state index is 11.7. The van der Waals surface area contributed by atoms with Gasteiger partial charge in [0.15, 0.2) is 8.32 Å². The summed E-state index contributed by atoms with van der Waals surface area (Å²) in [5.41, 5.74) is 0. The number of rotatable bonds is 9. The van der Waals surface area contributed by atoms with Crippen LogP contribution in [0.5, 0.6) is 0 Å². The van der Waals surface area contributed by atoms with Gasteiger partial charge in [0.05, 0.1) is 6.61 Å². The lowest BCUT2D eigenvalue weighted by atomic mass is 10.3. The highest BCUT2D eigenvalue weighted by atomic mass is 28.4. The van der Waals surface area contributed by atoms with E-state index < -0.39 is 20.4 Å². The summed E-state index contributed by atoms with van der Waals surface area (Å²) in [6.45, 7) is 8.32. The van der Waals surface area contributed by atoms with Crippen LogP contribution in [0.3, 0.4) is 0 Å². The van der Waals surface area contributed by atoms with Gasteiger partial charge in [-0.1, -0.05) is 20.8 Å². The number of aldehydes is 1. The average Bonchev–Trinajstić information content (AvgIpc) is 2.35. The summed E-state index contributed by atoms with van der Waals surface area (Å²) in [6.07, 6.45) is 0.106. The number of ether oxygens (including phenoxy) is 1. The molecule has 0 N–H and O–H groups in total. The monoisotopic (exact) mass is 260 g/mol. The Balaban J connectivity index is 4.70. The van der Waals surface area contributed by atoms with Crippen LogP contribution in [-0.2, 0) is 18.8 Å². The van der Waals surface area contributed by atoms with Crippen molar-refractivity contribution in [2.75, 3.05) is 6.61 Å². The van der Waals surface area contributed by atoms with Crippen LogP contribution in [-0.4, -0.2) is 33.3 Å². The van der Waals surface area contributed by atoms with Crippen molar-refractivity contribution in [1.82, 2.24) is 0 Å². The van der Waals surface area contributed by atoms with Gasteiger partial charge in [-0.2, -0.15) is 0 Å². The van der Waals surface area contributed by atoms with E-state index >= 15 is 0 Å². The fourth-order valence-electron chi connectivity index (χ4n) is 1.82. The summed E-state index contributed by atoms with van der Waals surface area (Å²) in [4.78, 5) is 22.3. The van der Waals surface area contributed by atoms with Crippen molar-refractivity contribution in [3.05, 3.63) is 0 Å². The lowest BCUT2D eigenvalue weighted by Crippen LogP contribution is -2.43. The van der Waals surface area contributed by atoms with E-state index in [0.717, 1.165) is 24.4 Å². The predicted molar refractivity (Wildman–Crippen MR) is 69.4 cm³/mol. The van der Waals surface area contributed by atoms with E-state index in [4.69, 9.17) is 9.16 Å². The zero-order valence-corrected chi connectivity index (χ0v) is 12.3. The molecule has 0 bridgehead atoms. The molecule has 0 aromatic heterocycles. The van der Waals surface area contributed by atoms with Crippen LogP contribution in [0.1, 0.15) is 34.1 Å². The van der Waals surface area contributed by atoms with Crippen LogP contribution in [0.15, 0.2) is 0 Å². The Kier molecular flexibility index (Phi) is 8.08. The summed E-state index contributed by atoms with van der Waals surface area (Å²) in [6, 6.07) is 2.86. The number of carbonyl (C=O) groups excluding carboxylic acids is 2. The Morgan fingerprint density at radius 1 is 1.18 bits per heavy atom. The topological polar surface area (TPSA) is 52.6 Å². The molecule has 0 aliphatic carbocycles. The molecule has 0 amide bonds. The van der Waals surface area contributed by atoms with Crippen LogP contribution in [0.4, 0.5) is 0 Å². The van der Waals surface area contributed by atoms with Crippen LogP contribution in [0.25, 0.3) is 0 Å². The minimum atomic E-state index is -1.87. The van der Waals surface area contributed by atoms with Crippen molar-refractivity contribution >= 4 is 20.6 Å². The molecule has 5 heteroatoms. The normalized spacial score (nSPS) is 13.2. The van der Waals surface area contributed by atoms with Gasteiger partial charge < -0.3 is 14.0 Å². The third-order valence-corrected chi connectivity index (χ3v) is 7.84. The van der Waals surface area contributed by atoms with Crippen LogP contribution < -0.4 is 0 Å². The van der Waals surface area contributed by atoms with Crippen molar-refractivity contribution < 1.29 is 18.8 Å². The Morgan fingerprint density at radius 3 is 2.06 bits per heavy atom. The standard InChI is InChI=1S/C12H24O4Si/c1-5-15-12(14)11(9-10-13)16-17(6-2,7-3)8-4/h10-11H,5-9H2,1-4H3/t11-/m0/s1. The van der Waals surface area contributed by atoms with Crippen molar-refractivity contribution in [2.45, 2.75) is 58.4 Å². The van der Waals surface area contributed by atoms with Gasteiger partial charge in [-0.3, -0.25) is 0 Å². The average molecular weight is 260 g/mol. The van der Waals surface area contributed by atoms with Crippen LogP contribution in [0, 0.1) is 0 Å². The molecule has 0 radical (unpaired) electrons. The summed E-state index contributed by atoms with van der Waals surface area (Å²) in [5.74, 6) is -0.410. The highest BCUT2D eigenvalue weighted by molar-refractivity contribution is 6.73. The molecule has 0 saturated heterocycles. The Bertz CT molecular complexity index is 230. The maximum atomic E-state index is 11.7. The molecule has 100 valence electrons. The molecule has 0 aromatic rings. The van der Waals surface area contributed by atoms with E-state index in [0.29, 0.717) is 6.61 Å². The van der Waals surface area contributed by atoms with Gasteiger partial charge in [-0.15, -0.1) is 0 Å². The van der Waals surface area contributed by atoms with Crippen molar-refractivity contribution in [1.29, 1.82) is 0 Å². The molecule has 0 aliphatic heterocycles. The highest BCUT2D eigenvalue weighted by Crippen LogP contribution is 2.24. The first kappa shape index (κ1) is 16.3. The summed E-state index contributed by atoms with van der Waals surface area (Å²) in [5, 5.41) is 0. The smallest absolute Gasteiger partial charge is 0.334 e. The van der Waals surface area contributed by atoms with Gasteiger partial charge in [0.1, 0.15) is 12.4 Å². The van der Waals surface area contributed by atoms with Gasteiger partial charge >= 0.3 is 5.97 Å². The quantitative estimate of drug-likeness (QED) is 0.363. The van der Waals surface area contributed by atoms with E-state index in [1.807, 2.05) is 0 Å². The fraction of sp³-hybridized carbons (Fsp3) is 0.833. The number of hydrogen-bond donors (Lipinski definition) is 0. The van der Waals surface area contributed by atoms with E-state index in [9.17, 15) is 9.59 Å². The van der Waals surface area contributed by atoms with Crippen molar-refractivity contribution in [3.63, 3.8) is 0 Å². The summed E-state index contributed by atoms with van der Waals surface area (Å²) < 4.78 is 10.9. The molecule has 17 heavy (non-hydrogen) atoms. The summed E-state index contributed by atoms with van der Waals surface area (Å²) in [7, 11) is -1.87. The van der Waals surface area contributed by atoms with Crippen molar-refractivity contribution in [2.24, 2.45) is 0 Å². The zero-order valence-electron chi connectivity index (χ0n) is 11.3. The predicted octanol–water partition coefficient (Wildman–Crippen LogP) is 2.53. The minimum Gasteiger partial charge on any atom is -0.464 e. The molecule has 0 saturated carbocycles. The Hall–Kier alpha value is -0.683. The molecule has 0 aromatic carbocycles. The first-order valence-electron chi connectivity index (χ1n) is 6.37. The van der Waals surface area contributed by atoms with Gasteiger partial charge in [0.2, 0.25) is 0 Å². The second-order valence-corrected chi connectivity index (χ2v) is 8.73. The van der Waals surface area contributed by atoms with Crippen LogP contribution in [0.2, 0.25) is 18.1 Å². The molecule has 0 aliphatic rings. The highest BCUT2D eigenvalue weighted by Gasteiger charge is 2.35. The van der Waals surface area contributed by atoms with Crippen molar-refractivity contribution in [3.8, 4) is 0 Å². The van der Waals surface area contributed by atoms with Gasteiger partial charge in [-0.05, 0) is 25.1 Å². The molecule has 4 nitrogen and oxygen atoms in total. The lowest BCUT2D eigenvalue weighted by Gasteiger charge is -2.31. The van der Waals surface area contributed by atoms with E-state index in [-0.39, 0.29) is 6.42 Å². The second kappa shape index (κ2) is 8.41. The number of carbonyl (C=O) groups is 2. The molecule has 0 spiro atoms. The van der Waals surface area contributed by atoms with E-state index in [2.05, 4.69) is 20.8 Å². The van der Waals surface area contributed by atoms with Gasteiger partial charge in [0, 0.05) is 6.42 Å². The number of esters is 1. The largest absolute Gasteiger partial charge is 0.464 e. The Labute approximate surface area is 105 Å². The van der Waals surface area contributed by atoms with Crippen LogP contribution >= 0.6 is 0 Å². The third-order valence-electron chi connectivity index (χ3n) is 3.19. The second-order valence-electron chi connectivity index (χ2n) is 4.00. The Morgan fingerprint density at radius 2 is 1.71 bits per heavy atom. The van der Waals surface area contributed by atoms with E-state index in [1.165, 1.54) is 0 Å². The number of hydrogen-bond acceptors (Lipinski definition) is 4. The fourth-order valence-corrected chi connectivity index (χ4v) is 4.61.